The van der Waals surface area contributed by atoms with Crippen molar-refractivity contribution in [3.8, 4) is 11.3 Å². The van der Waals surface area contributed by atoms with E-state index in [1.54, 1.807) is 24.4 Å². The molecule has 2 heterocycles. The Balaban J connectivity index is 1.65. The summed E-state index contributed by atoms with van der Waals surface area (Å²) >= 11 is 0. The molecule has 0 aliphatic carbocycles. The Bertz CT molecular complexity index is 965. The number of benzene rings is 2. The molecule has 1 aliphatic rings. The van der Waals surface area contributed by atoms with Gasteiger partial charge in [0.2, 0.25) is 0 Å². The first kappa shape index (κ1) is 16.5. The fourth-order valence-electron chi connectivity index (χ4n) is 3.21. The Morgan fingerprint density at radius 3 is 2.62 bits per heavy atom. The molecule has 6 heteroatoms. The van der Waals surface area contributed by atoms with E-state index >= 15 is 0 Å². The van der Waals surface area contributed by atoms with Gasteiger partial charge in [-0.05, 0) is 37.4 Å². The molecule has 2 aromatic carbocycles. The number of likely N-dealkylation sites (N-methyl/N-ethyl adjacent to an activating group) is 1. The van der Waals surface area contributed by atoms with Crippen molar-refractivity contribution in [1.29, 1.82) is 0 Å². The lowest BCUT2D eigenvalue weighted by Crippen LogP contribution is -2.44. The largest absolute Gasteiger partial charge is 0.478 e. The summed E-state index contributed by atoms with van der Waals surface area (Å²) in [7, 11) is 2.15. The molecule has 3 aromatic rings. The van der Waals surface area contributed by atoms with Crippen LogP contribution in [0.2, 0.25) is 0 Å². The molecule has 0 bridgehead atoms. The Labute approximate surface area is 151 Å². The van der Waals surface area contributed by atoms with Gasteiger partial charge in [0.15, 0.2) is 0 Å². The van der Waals surface area contributed by atoms with Gasteiger partial charge in [0.05, 0.1) is 28.5 Å². The topological polar surface area (TPSA) is 69.6 Å². The number of aromatic carboxylic acids is 1. The molecule has 1 saturated heterocycles. The quantitative estimate of drug-likeness (QED) is 0.785. The van der Waals surface area contributed by atoms with Gasteiger partial charge in [0.25, 0.3) is 0 Å². The molecule has 4 rings (SSSR count). The van der Waals surface area contributed by atoms with Crippen LogP contribution in [0.25, 0.3) is 22.3 Å². The standard InChI is InChI=1S/C20H20N4O2/c1-23-7-9-24(10-8-23)16-4-2-3-14(11-16)19-13-21-18-12-15(20(25)26)5-6-17(18)22-19/h2-6,11-13H,7-10H2,1H3,(H,25,26). The highest BCUT2D eigenvalue weighted by molar-refractivity contribution is 5.92. The maximum Gasteiger partial charge on any atom is 0.335 e. The van der Waals surface area contributed by atoms with Gasteiger partial charge < -0.3 is 14.9 Å². The highest BCUT2D eigenvalue weighted by Crippen LogP contribution is 2.25. The zero-order valence-electron chi connectivity index (χ0n) is 14.6. The molecule has 1 fully saturated rings. The van der Waals surface area contributed by atoms with Crippen LogP contribution in [0, 0.1) is 0 Å². The SMILES string of the molecule is CN1CCN(c2cccc(-c3cnc4cc(C(=O)O)ccc4n3)c2)CC1. The number of carboxylic acids is 1. The summed E-state index contributed by atoms with van der Waals surface area (Å²) in [4.78, 5) is 24.9. The number of fused-ring (bicyclic) bond motifs is 1. The third-order valence-electron chi connectivity index (χ3n) is 4.80. The molecular formula is C20H20N4O2. The van der Waals surface area contributed by atoms with E-state index in [1.165, 1.54) is 5.69 Å². The smallest absolute Gasteiger partial charge is 0.335 e. The van der Waals surface area contributed by atoms with Crippen molar-refractivity contribution in [3.63, 3.8) is 0 Å². The maximum absolute atomic E-state index is 11.1. The van der Waals surface area contributed by atoms with Gasteiger partial charge in [0, 0.05) is 37.4 Å². The van der Waals surface area contributed by atoms with Crippen LogP contribution >= 0.6 is 0 Å². The fourth-order valence-corrected chi connectivity index (χ4v) is 3.21. The van der Waals surface area contributed by atoms with Gasteiger partial charge in [-0.3, -0.25) is 4.98 Å². The van der Waals surface area contributed by atoms with Crippen molar-refractivity contribution in [1.82, 2.24) is 14.9 Å². The summed E-state index contributed by atoms with van der Waals surface area (Å²) in [6, 6.07) is 13.2. The van der Waals surface area contributed by atoms with Gasteiger partial charge in [0.1, 0.15) is 0 Å². The fraction of sp³-hybridized carbons (Fsp3) is 0.250. The van der Waals surface area contributed by atoms with Crippen molar-refractivity contribution in [2.24, 2.45) is 0 Å². The normalized spacial score (nSPS) is 15.3. The number of piperazine rings is 1. The van der Waals surface area contributed by atoms with E-state index in [1.807, 2.05) is 12.1 Å². The number of hydrogen-bond donors (Lipinski definition) is 1. The molecule has 132 valence electrons. The van der Waals surface area contributed by atoms with Gasteiger partial charge in [-0.1, -0.05) is 12.1 Å². The second-order valence-electron chi connectivity index (χ2n) is 6.60. The Hall–Kier alpha value is -2.99. The van der Waals surface area contributed by atoms with Crippen molar-refractivity contribution < 1.29 is 9.90 Å². The molecule has 0 spiro atoms. The zero-order chi connectivity index (χ0) is 18.1. The van der Waals surface area contributed by atoms with Crippen LogP contribution < -0.4 is 4.90 Å². The second kappa shape index (κ2) is 6.72. The highest BCUT2D eigenvalue weighted by Gasteiger charge is 2.15. The maximum atomic E-state index is 11.1. The molecule has 26 heavy (non-hydrogen) atoms. The predicted octanol–water partition coefficient (Wildman–Crippen LogP) is 2.75. The average molecular weight is 348 g/mol. The number of carboxylic acid groups (broad SMARTS) is 1. The number of carbonyl (C=O) groups is 1. The summed E-state index contributed by atoms with van der Waals surface area (Å²) < 4.78 is 0. The minimum absolute atomic E-state index is 0.219. The van der Waals surface area contributed by atoms with Crippen LogP contribution in [0.3, 0.4) is 0 Å². The lowest BCUT2D eigenvalue weighted by Gasteiger charge is -2.34. The minimum atomic E-state index is -0.961. The summed E-state index contributed by atoms with van der Waals surface area (Å²) in [5.41, 5.74) is 4.49. The summed E-state index contributed by atoms with van der Waals surface area (Å²) in [6.07, 6.45) is 1.71. The number of nitrogens with zero attached hydrogens (tertiary/aromatic N) is 4. The van der Waals surface area contributed by atoms with Gasteiger partial charge in [-0.25, -0.2) is 9.78 Å². The average Bonchev–Trinajstić information content (AvgIpc) is 2.68. The third-order valence-corrected chi connectivity index (χ3v) is 4.80. The van der Waals surface area contributed by atoms with Crippen LogP contribution in [0.4, 0.5) is 5.69 Å². The van der Waals surface area contributed by atoms with Gasteiger partial charge in [-0.2, -0.15) is 0 Å². The Kier molecular flexibility index (Phi) is 4.26. The van der Waals surface area contributed by atoms with Crippen molar-refractivity contribution in [3.05, 3.63) is 54.2 Å². The lowest BCUT2D eigenvalue weighted by molar-refractivity contribution is 0.0697. The van der Waals surface area contributed by atoms with Crippen molar-refractivity contribution in [2.75, 3.05) is 38.1 Å². The molecule has 1 aliphatic heterocycles. The third kappa shape index (κ3) is 3.23. The van der Waals surface area contributed by atoms with Crippen LogP contribution in [0.15, 0.2) is 48.7 Å². The molecule has 6 nitrogen and oxygen atoms in total. The number of anilines is 1. The van der Waals surface area contributed by atoms with Gasteiger partial charge >= 0.3 is 5.97 Å². The first-order chi connectivity index (χ1) is 12.6. The minimum Gasteiger partial charge on any atom is -0.478 e. The lowest BCUT2D eigenvalue weighted by atomic mass is 10.1. The monoisotopic (exact) mass is 348 g/mol. The first-order valence-electron chi connectivity index (χ1n) is 8.64. The summed E-state index contributed by atoms with van der Waals surface area (Å²) in [5.74, 6) is -0.961. The highest BCUT2D eigenvalue weighted by atomic mass is 16.4. The Morgan fingerprint density at radius 1 is 1.04 bits per heavy atom. The predicted molar refractivity (Wildman–Crippen MR) is 102 cm³/mol. The van der Waals surface area contributed by atoms with E-state index in [4.69, 9.17) is 5.11 Å². The van der Waals surface area contributed by atoms with Crippen LogP contribution in [0.1, 0.15) is 10.4 Å². The van der Waals surface area contributed by atoms with Crippen molar-refractivity contribution >= 4 is 22.7 Å². The second-order valence-corrected chi connectivity index (χ2v) is 6.60. The Morgan fingerprint density at radius 2 is 1.85 bits per heavy atom. The van der Waals surface area contributed by atoms with Crippen LogP contribution in [0.5, 0.6) is 0 Å². The molecule has 1 aromatic heterocycles. The van der Waals surface area contributed by atoms with E-state index in [-0.39, 0.29) is 5.56 Å². The number of rotatable bonds is 3. The van der Waals surface area contributed by atoms with Gasteiger partial charge in [-0.15, -0.1) is 0 Å². The molecule has 0 unspecified atom stereocenters. The van der Waals surface area contributed by atoms with Crippen molar-refractivity contribution in [2.45, 2.75) is 0 Å². The molecule has 0 saturated carbocycles. The number of hydrogen-bond acceptors (Lipinski definition) is 5. The van der Waals surface area contributed by atoms with E-state index in [0.717, 1.165) is 37.4 Å². The molecule has 1 N–H and O–H groups in total. The molecule has 0 atom stereocenters. The summed E-state index contributed by atoms with van der Waals surface area (Å²) in [5, 5.41) is 9.09. The van der Waals surface area contributed by atoms with E-state index < -0.39 is 5.97 Å². The van der Waals surface area contributed by atoms with E-state index in [0.29, 0.717) is 11.0 Å². The van der Waals surface area contributed by atoms with E-state index in [2.05, 4.69) is 38.9 Å². The number of aromatic nitrogens is 2. The van der Waals surface area contributed by atoms with E-state index in [9.17, 15) is 4.79 Å². The first-order valence-corrected chi connectivity index (χ1v) is 8.64. The molecule has 0 radical (unpaired) electrons. The summed E-state index contributed by atoms with van der Waals surface area (Å²) in [6.45, 7) is 4.15. The van der Waals surface area contributed by atoms with Crippen LogP contribution in [-0.2, 0) is 0 Å². The molecule has 0 amide bonds. The zero-order valence-corrected chi connectivity index (χ0v) is 14.6. The van der Waals surface area contributed by atoms with Crippen LogP contribution in [-0.4, -0.2) is 59.2 Å². The molecular weight excluding hydrogens is 328 g/mol.